The molecule has 0 aliphatic heterocycles. The lowest BCUT2D eigenvalue weighted by Gasteiger charge is -2.25. The fourth-order valence-corrected chi connectivity index (χ4v) is 3.75. The summed E-state index contributed by atoms with van der Waals surface area (Å²) < 4.78 is 11.2. The molecule has 3 aromatic rings. The summed E-state index contributed by atoms with van der Waals surface area (Å²) in [6.07, 6.45) is 3.33. The normalized spacial score (nSPS) is 12.7. The lowest BCUT2D eigenvalue weighted by molar-refractivity contribution is -0.143. The highest BCUT2D eigenvalue weighted by Crippen LogP contribution is 2.38. The highest BCUT2D eigenvalue weighted by molar-refractivity contribution is 5.85. The van der Waals surface area contributed by atoms with E-state index in [2.05, 4.69) is 44.0 Å². The van der Waals surface area contributed by atoms with Crippen LogP contribution in [-0.4, -0.2) is 17.6 Å². The molecule has 1 atom stereocenters. The van der Waals surface area contributed by atoms with Crippen LogP contribution in [0, 0.1) is 5.41 Å². The van der Waals surface area contributed by atoms with Crippen LogP contribution < -0.4 is 4.74 Å². The molecule has 0 saturated heterocycles. The molecule has 0 bridgehead atoms. The number of carbonyl (C=O) groups is 1. The number of ether oxygens (including phenoxy) is 2. The van der Waals surface area contributed by atoms with Crippen LogP contribution in [-0.2, 0) is 16.1 Å². The quantitative estimate of drug-likeness (QED) is 0.462. The van der Waals surface area contributed by atoms with Gasteiger partial charge in [0, 0.05) is 23.2 Å². The first-order valence-electron chi connectivity index (χ1n) is 10.3. The number of benzene rings is 2. The van der Waals surface area contributed by atoms with Crippen LogP contribution in [0.4, 0.5) is 0 Å². The lowest BCUT2D eigenvalue weighted by atomic mass is 9.80. The average molecular weight is 394 g/mol. The molecule has 2 aromatic carbocycles. The second kappa shape index (κ2) is 9.17. The maximum atomic E-state index is 12.2. The van der Waals surface area contributed by atoms with Gasteiger partial charge in [-0.1, -0.05) is 51.1 Å². The van der Waals surface area contributed by atoms with Crippen LogP contribution in [0.25, 0.3) is 10.9 Å². The Hall–Kier alpha value is -2.75. The molecule has 0 aliphatic rings. The first kappa shape index (κ1) is 21.0. The first-order chi connectivity index (χ1) is 13.9. The molecule has 0 saturated carbocycles. The van der Waals surface area contributed by atoms with Gasteiger partial charge in [-0.05, 0) is 47.9 Å². The number of fused-ring (bicyclic) bond motifs is 1. The van der Waals surface area contributed by atoms with Crippen LogP contribution in [0.2, 0.25) is 0 Å². The third-order valence-electron chi connectivity index (χ3n) is 4.95. The molecule has 0 radical (unpaired) electrons. The van der Waals surface area contributed by atoms with E-state index in [0.29, 0.717) is 19.6 Å². The monoisotopic (exact) mass is 393 g/mol. The van der Waals surface area contributed by atoms with Crippen molar-refractivity contribution in [2.75, 3.05) is 6.61 Å². The number of nitrogens with one attached hydrogen (secondary N) is 1. The van der Waals surface area contributed by atoms with E-state index >= 15 is 0 Å². The molecule has 154 valence electrons. The molecule has 0 fully saturated rings. The number of hydrogen-bond acceptors (Lipinski definition) is 3. The van der Waals surface area contributed by atoms with Crippen LogP contribution in [0.15, 0.2) is 54.7 Å². The number of H-pyrrole nitrogens is 1. The standard InChI is InChI=1S/C25H31NO3/c1-5-28-24(27)13-19(15-25(2,3)4)22-16-26-23-14-20(11-12-21(22)23)29-17-18-9-7-6-8-10-18/h6-12,14,16,19,26H,5,13,15,17H2,1-4H3. The molecule has 3 rings (SSSR count). The minimum atomic E-state index is -0.140. The van der Waals surface area contributed by atoms with E-state index in [4.69, 9.17) is 9.47 Å². The van der Waals surface area contributed by atoms with Gasteiger partial charge < -0.3 is 14.5 Å². The fourth-order valence-electron chi connectivity index (χ4n) is 3.75. The smallest absolute Gasteiger partial charge is 0.306 e. The van der Waals surface area contributed by atoms with Crippen LogP contribution in [0.3, 0.4) is 0 Å². The van der Waals surface area contributed by atoms with Crippen molar-refractivity contribution in [1.29, 1.82) is 0 Å². The van der Waals surface area contributed by atoms with Gasteiger partial charge in [-0.25, -0.2) is 0 Å². The largest absolute Gasteiger partial charge is 0.489 e. The second-order valence-electron chi connectivity index (χ2n) is 8.70. The summed E-state index contributed by atoms with van der Waals surface area (Å²) in [6, 6.07) is 16.2. The Bertz CT molecular complexity index is 938. The van der Waals surface area contributed by atoms with E-state index < -0.39 is 0 Å². The zero-order valence-corrected chi connectivity index (χ0v) is 17.8. The van der Waals surface area contributed by atoms with Crippen molar-refractivity contribution in [2.45, 2.75) is 53.1 Å². The number of hydrogen-bond donors (Lipinski definition) is 1. The fraction of sp³-hybridized carbons (Fsp3) is 0.400. The minimum Gasteiger partial charge on any atom is -0.489 e. The molecule has 29 heavy (non-hydrogen) atoms. The highest BCUT2D eigenvalue weighted by Gasteiger charge is 2.25. The maximum absolute atomic E-state index is 12.2. The first-order valence-corrected chi connectivity index (χ1v) is 10.3. The second-order valence-corrected chi connectivity index (χ2v) is 8.70. The Labute approximate surface area is 173 Å². The van der Waals surface area contributed by atoms with E-state index in [1.165, 1.54) is 0 Å². The Kier molecular flexibility index (Phi) is 6.63. The van der Waals surface area contributed by atoms with Gasteiger partial charge in [0.25, 0.3) is 0 Å². The molecule has 0 aliphatic carbocycles. The van der Waals surface area contributed by atoms with Gasteiger partial charge in [0.05, 0.1) is 13.0 Å². The van der Waals surface area contributed by atoms with Crippen molar-refractivity contribution >= 4 is 16.9 Å². The Morgan fingerprint density at radius 2 is 1.86 bits per heavy atom. The molecule has 1 N–H and O–H groups in total. The lowest BCUT2D eigenvalue weighted by Crippen LogP contribution is -2.16. The third kappa shape index (κ3) is 5.86. The van der Waals surface area contributed by atoms with Crippen molar-refractivity contribution in [3.8, 4) is 5.75 Å². The predicted molar refractivity (Wildman–Crippen MR) is 117 cm³/mol. The van der Waals surface area contributed by atoms with Crippen molar-refractivity contribution in [2.24, 2.45) is 5.41 Å². The summed E-state index contributed by atoms with van der Waals surface area (Å²) in [5.41, 5.74) is 3.44. The van der Waals surface area contributed by atoms with E-state index in [0.717, 1.165) is 34.2 Å². The summed E-state index contributed by atoms with van der Waals surface area (Å²) >= 11 is 0. The average Bonchev–Trinajstić information content (AvgIpc) is 3.09. The molecule has 1 aromatic heterocycles. The molecule has 4 heteroatoms. The number of aromatic nitrogens is 1. The van der Waals surface area contributed by atoms with E-state index in [-0.39, 0.29) is 17.3 Å². The van der Waals surface area contributed by atoms with Crippen molar-refractivity contribution < 1.29 is 14.3 Å². The predicted octanol–water partition coefficient (Wildman–Crippen LogP) is 6.22. The van der Waals surface area contributed by atoms with Crippen LogP contribution in [0.1, 0.15) is 57.6 Å². The molecule has 4 nitrogen and oxygen atoms in total. The van der Waals surface area contributed by atoms with Crippen LogP contribution >= 0.6 is 0 Å². The van der Waals surface area contributed by atoms with E-state index in [1.54, 1.807) is 0 Å². The summed E-state index contributed by atoms with van der Waals surface area (Å²) in [5, 5.41) is 1.13. The van der Waals surface area contributed by atoms with Crippen molar-refractivity contribution in [1.82, 2.24) is 4.98 Å². The number of esters is 1. The van der Waals surface area contributed by atoms with E-state index in [1.807, 2.05) is 43.5 Å². The van der Waals surface area contributed by atoms with Gasteiger partial charge in [0.1, 0.15) is 12.4 Å². The van der Waals surface area contributed by atoms with Gasteiger partial charge in [-0.3, -0.25) is 4.79 Å². The Morgan fingerprint density at radius 1 is 1.10 bits per heavy atom. The van der Waals surface area contributed by atoms with Gasteiger partial charge >= 0.3 is 5.97 Å². The van der Waals surface area contributed by atoms with Gasteiger partial charge in [0.2, 0.25) is 0 Å². The summed E-state index contributed by atoms with van der Waals surface area (Å²) in [6.45, 7) is 9.41. The number of aromatic amines is 1. The van der Waals surface area contributed by atoms with Crippen molar-refractivity contribution in [3.05, 3.63) is 65.9 Å². The molecular weight excluding hydrogens is 362 g/mol. The Balaban J connectivity index is 1.81. The summed E-state index contributed by atoms with van der Waals surface area (Å²) in [5.74, 6) is 0.797. The van der Waals surface area contributed by atoms with Crippen molar-refractivity contribution in [3.63, 3.8) is 0 Å². The summed E-state index contributed by atoms with van der Waals surface area (Å²) in [7, 11) is 0. The minimum absolute atomic E-state index is 0.110. The zero-order valence-electron chi connectivity index (χ0n) is 17.8. The van der Waals surface area contributed by atoms with Gasteiger partial charge in [-0.2, -0.15) is 0 Å². The molecule has 0 spiro atoms. The summed E-state index contributed by atoms with van der Waals surface area (Å²) in [4.78, 5) is 15.6. The molecule has 1 unspecified atom stereocenters. The molecule has 1 heterocycles. The Morgan fingerprint density at radius 3 is 2.55 bits per heavy atom. The highest BCUT2D eigenvalue weighted by atomic mass is 16.5. The molecule has 0 amide bonds. The van der Waals surface area contributed by atoms with Gasteiger partial charge in [-0.15, -0.1) is 0 Å². The number of rotatable bonds is 8. The zero-order chi connectivity index (χ0) is 20.9. The maximum Gasteiger partial charge on any atom is 0.306 e. The topological polar surface area (TPSA) is 51.3 Å². The number of carbonyl (C=O) groups excluding carboxylic acids is 1. The third-order valence-corrected chi connectivity index (χ3v) is 4.95. The van der Waals surface area contributed by atoms with Crippen LogP contribution in [0.5, 0.6) is 5.75 Å². The molecular formula is C25H31NO3. The van der Waals surface area contributed by atoms with Gasteiger partial charge in [0.15, 0.2) is 0 Å². The SMILES string of the molecule is CCOC(=O)CC(CC(C)(C)C)c1c[nH]c2cc(OCc3ccccc3)ccc12. The van der Waals surface area contributed by atoms with E-state index in [9.17, 15) is 4.79 Å².